The second-order valence-corrected chi connectivity index (χ2v) is 6.80. The lowest BCUT2D eigenvalue weighted by atomic mass is 10.0. The molecule has 1 aromatic carbocycles. The molecule has 1 N–H and O–H groups in total. The first-order valence-electron chi connectivity index (χ1n) is 9.13. The van der Waals surface area contributed by atoms with Gasteiger partial charge in [0.05, 0.1) is 24.5 Å². The number of alkyl halides is 3. The number of rotatable bonds is 8. The molecule has 1 aliphatic heterocycles. The molecule has 0 atom stereocenters. The van der Waals surface area contributed by atoms with E-state index in [1.54, 1.807) is 6.92 Å². The number of hydrogen-bond acceptors (Lipinski definition) is 6. The number of ether oxygens (including phenoxy) is 3. The fourth-order valence-electron chi connectivity index (χ4n) is 2.71. The number of carboxylic acid groups (broad SMARTS) is 1. The SMILES string of the molecule is CC(=NOCCCCC1COC(C)(OC(=O)O)OC1)c1ccc(C(F)(F)F)cc1. The van der Waals surface area contributed by atoms with Crippen LogP contribution in [0.3, 0.4) is 0 Å². The third-order valence-corrected chi connectivity index (χ3v) is 4.36. The summed E-state index contributed by atoms with van der Waals surface area (Å²) < 4.78 is 52.9. The summed E-state index contributed by atoms with van der Waals surface area (Å²) in [6, 6.07) is 4.73. The van der Waals surface area contributed by atoms with E-state index in [2.05, 4.69) is 9.89 Å². The van der Waals surface area contributed by atoms with Gasteiger partial charge >= 0.3 is 18.3 Å². The summed E-state index contributed by atoms with van der Waals surface area (Å²) in [5.41, 5.74) is 0.340. The molecule has 1 aromatic rings. The van der Waals surface area contributed by atoms with Crippen LogP contribution in [0.15, 0.2) is 29.4 Å². The first kappa shape index (κ1) is 23.0. The maximum Gasteiger partial charge on any atom is 0.510 e. The molecule has 0 spiro atoms. The molecule has 2 rings (SSSR count). The van der Waals surface area contributed by atoms with E-state index in [-0.39, 0.29) is 5.92 Å². The van der Waals surface area contributed by atoms with Gasteiger partial charge in [0.25, 0.3) is 0 Å². The normalized spacial score (nSPS) is 22.9. The highest BCUT2D eigenvalue weighted by Crippen LogP contribution is 2.29. The van der Waals surface area contributed by atoms with Crippen LogP contribution in [0.4, 0.5) is 18.0 Å². The topological polar surface area (TPSA) is 86.6 Å². The zero-order valence-corrected chi connectivity index (χ0v) is 16.2. The van der Waals surface area contributed by atoms with E-state index < -0.39 is 23.9 Å². The highest BCUT2D eigenvalue weighted by atomic mass is 19.4. The van der Waals surface area contributed by atoms with E-state index in [1.807, 2.05) is 0 Å². The van der Waals surface area contributed by atoms with Crippen molar-refractivity contribution in [2.75, 3.05) is 19.8 Å². The summed E-state index contributed by atoms with van der Waals surface area (Å²) in [7, 11) is 0. The summed E-state index contributed by atoms with van der Waals surface area (Å²) >= 11 is 0. The van der Waals surface area contributed by atoms with E-state index in [0.29, 0.717) is 31.1 Å². The Balaban J connectivity index is 1.64. The third kappa shape index (κ3) is 7.54. The van der Waals surface area contributed by atoms with Gasteiger partial charge in [0.1, 0.15) is 6.61 Å². The van der Waals surface area contributed by atoms with Gasteiger partial charge in [-0.1, -0.05) is 17.3 Å². The number of halogens is 3. The number of hydrogen-bond donors (Lipinski definition) is 1. The van der Waals surface area contributed by atoms with Crippen molar-refractivity contribution in [3.63, 3.8) is 0 Å². The Morgan fingerprint density at radius 3 is 2.41 bits per heavy atom. The molecular formula is C19H24F3NO6. The lowest BCUT2D eigenvalue weighted by Gasteiger charge is -2.35. The summed E-state index contributed by atoms with van der Waals surface area (Å²) in [5.74, 6) is -1.44. The molecule has 1 saturated heterocycles. The quantitative estimate of drug-likeness (QED) is 0.286. The molecule has 7 nitrogen and oxygen atoms in total. The lowest BCUT2D eigenvalue weighted by molar-refractivity contribution is -0.379. The van der Waals surface area contributed by atoms with Crippen molar-refractivity contribution >= 4 is 11.9 Å². The minimum absolute atomic E-state index is 0.123. The molecule has 0 amide bonds. The fraction of sp³-hybridized carbons (Fsp3) is 0.579. The van der Waals surface area contributed by atoms with Gasteiger partial charge in [-0.25, -0.2) is 4.79 Å². The molecule has 29 heavy (non-hydrogen) atoms. The smallest absolute Gasteiger partial charge is 0.450 e. The van der Waals surface area contributed by atoms with Gasteiger partial charge in [-0.3, -0.25) is 0 Å². The van der Waals surface area contributed by atoms with E-state index in [4.69, 9.17) is 19.4 Å². The molecule has 1 aliphatic rings. The zero-order chi connectivity index (χ0) is 21.5. The van der Waals surface area contributed by atoms with Crippen LogP contribution in [0.1, 0.15) is 44.2 Å². The van der Waals surface area contributed by atoms with Gasteiger partial charge in [0.2, 0.25) is 0 Å². The Morgan fingerprint density at radius 2 is 1.86 bits per heavy atom. The van der Waals surface area contributed by atoms with Crippen LogP contribution in [0.25, 0.3) is 0 Å². The average Bonchev–Trinajstić information content (AvgIpc) is 2.64. The van der Waals surface area contributed by atoms with Crippen LogP contribution < -0.4 is 0 Å². The van der Waals surface area contributed by atoms with Gasteiger partial charge < -0.3 is 24.2 Å². The molecule has 0 radical (unpaired) electrons. The number of oxime groups is 1. The molecular weight excluding hydrogens is 395 g/mol. The summed E-state index contributed by atoms with van der Waals surface area (Å²) in [6.45, 7) is 4.09. The molecule has 0 aromatic heterocycles. The van der Waals surface area contributed by atoms with Crippen molar-refractivity contribution in [2.24, 2.45) is 11.1 Å². The van der Waals surface area contributed by atoms with Crippen LogP contribution in [-0.2, 0) is 25.2 Å². The van der Waals surface area contributed by atoms with Crippen molar-refractivity contribution in [1.29, 1.82) is 0 Å². The lowest BCUT2D eigenvalue weighted by Crippen LogP contribution is -2.45. The molecule has 1 fully saturated rings. The van der Waals surface area contributed by atoms with E-state index >= 15 is 0 Å². The highest BCUT2D eigenvalue weighted by Gasteiger charge is 2.37. The van der Waals surface area contributed by atoms with E-state index in [0.717, 1.165) is 31.4 Å². The molecule has 1 heterocycles. The Kier molecular flexibility index (Phi) is 7.86. The maximum absolute atomic E-state index is 12.6. The zero-order valence-electron chi connectivity index (χ0n) is 16.2. The standard InChI is InChI=1S/C19H24F3NO6/c1-13(15-6-8-16(9-7-15)19(20,21)22)23-28-10-4-3-5-14-11-26-18(2,27-12-14)29-17(24)25/h6-9,14H,3-5,10-12H2,1-2H3,(H,24,25). The van der Waals surface area contributed by atoms with Crippen molar-refractivity contribution in [1.82, 2.24) is 0 Å². The van der Waals surface area contributed by atoms with Gasteiger partial charge in [0.15, 0.2) is 0 Å². The van der Waals surface area contributed by atoms with Gasteiger partial charge in [-0.05, 0) is 43.9 Å². The largest absolute Gasteiger partial charge is 0.510 e. The summed E-state index contributed by atoms with van der Waals surface area (Å²) in [6.07, 6.45) is -3.48. The van der Waals surface area contributed by atoms with Crippen molar-refractivity contribution < 1.29 is 42.1 Å². The van der Waals surface area contributed by atoms with Crippen molar-refractivity contribution in [3.05, 3.63) is 35.4 Å². The monoisotopic (exact) mass is 419 g/mol. The predicted octanol–water partition coefficient (Wildman–Crippen LogP) is 4.65. The van der Waals surface area contributed by atoms with Crippen LogP contribution >= 0.6 is 0 Å². The molecule has 162 valence electrons. The Hall–Kier alpha value is -2.33. The highest BCUT2D eigenvalue weighted by molar-refractivity contribution is 5.98. The maximum atomic E-state index is 12.6. The first-order valence-corrected chi connectivity index (χ1v) is 9.13. The number of nitrogens with zero attached hydrogens (tertiary/aromatic N) is 1. The van der Waals surface area contributed by atoms with Crippen molar-refractivity contribution in [3.8, 4) is 0 Å². The molecule has 0 bridgehead atoms. The molecule has 0 unspecified atom stereocenters. The Bertz CT molecular complexity index is 697. The third-order valence-electron chi connectivity index (χ3n) is 4.36. The van der Waals surface area contributed by atoms with Crippen LogP contribution in [-0.4, -0.2) is 42.8 Å². The van der Waals surface area contributed by atoms with Crippen LogP contribution in [0.2, 0.25) is 0 Å². The van der Waals surface area contributed by atoms with Gasteiger partial charge in [-0.2, -0.15) is 13.2 Å². The second-order valence-electron chi connectivity index (χ2n) is 6.80. The Morgan fingerprint density at radius 1 is 1.24 bits per heavy atom. The summed E-state index contributed by atoms with van der Waals surface area (Å²) in [4.78, 5) is 15.8. The van der Waals surface area contributed by atoms with Crippen LogP contribution in [0.5, 0.6) is 0 Å². The van der Waals surface area contributed by atoms with Gasteiger partial charge in [0, 0.05) is 12.8 Å². The fourth-order valence-corrected chi connectivity index (χ4v) is 2.71. The number of unbranched alkanes of at least 4 members (excludes halogenated alkanes) is 1. The van der Waals surface area contributed by atoms with E-state index in [1.165, 1.54) is 19.1 Å². The number of benzene rings is 1. The minimum Gasteiger partial charge on any atom is -0.450 e. The van der Waals surface area contributed by atoms with Crippen molar-refractivity contribution in [2.45, 2.75) is 45.3 Å². The molecule has 0 saturated carbocycles. The number of carbonyl (C=O) groups is 1. The Labute approximate surface area is 166 Å². The summed E-state index contributed by atoms with van der Waals surface area (Å²) in [5, 5.41) is 12.6. The molecule has 0 aliphatic carbocycles. The molecule has 10 heteroatoms. The predicted molar refractivity (Wildman–Crippen MR) is 96.4 cm³/mol. The minimum atomic E-state index is -4.36. The van der Waals surface area contributed by atoms with E-state index in [9.17, 15) is 18.0 Å². The average molecular weight is 419 g/mol. The van der Waals surface area contributed by atoms with Gasteiger partial charge in [-0.15, -0.1) is 0 Å². The van der Waals surface area contributed by atoms with Crippen LogP contribution in [0, 0.1) is 5.92 Å². The first-order chi connectivity index (χ1) is 13.6. The second kappa shape index (κ2) is 9.93.